The molecule has 0 atom stereocenters. The van der Waals surface area contributed by atoms with Crippen LogP contribution in [0.1, 0.15) is 39.8 Å². The summed E-state index contributed by atoms with van der Waals surface area (Å²) in [5.74, 6) is -0.203. The molecule has 0 radical (unpaired) electrons. The Morgan fingerprint density at radius 2 is 1.61 bits per heavy atom. The van der Waals surface area contributed by atoms with E-state index in [9.17, 15) is 22.8 Å². The molecule has 8 nitrogen and oxygen atoms in total. The van der Waals surface area contributed by atoms with E-state index in [1.165, 1.54) is 46.8 Å². The molecule has 10 heteroatoms. The fraction of sp³-hybridized carbons (Fsp3) is 0.381. The van der Waals surface area contributed by atoms with Crippen LogP contribution in [-0.4, -0.2) is 61.4 Å². The lowest BCUT2D eigenvalue weighted by Gasteiger charge is -2.33. The van der Waals surface area contributed by atoms with Crippen molar-refractivity contribution in [2.45, 2.75) is 24.7 Å². The summed E-state index contributed by atoms with van der Waals surface area (Å²) in [5, 5.41) is 3.49. The van der Waals surface area contributed by atoms with Gasteiger partial charge in [0, 0.05) is 37.7 Å². The van der Waals surface area contributed by atoms with Crippen molar-refractivity contribution >= 4 is 44.0 Å². The molecular weight excluding hydrogens is 438 g/mol. The first-order valence-corrected chi connectivity index (χ1v) is 12.3. The minimum Gasteiger partial charge on any atom is -0.335 e. The second kappa shape index (κ2) is 8.52. The normalized spacial score (nSPS) is 17.4. The quantitative estimate of drug-likeness (QED) is 0.666. The van der Waals surface area contributed by atoms with Crippen molar-refractivity contribution in [3.8, 4) is 0 Å². The fourth-order valence-electron chi connectivity index (χ4n) is 3.39. The van der Waals surface area contributed by atoms with Gasteiger partial charge in [-0.15, -0.1) is 11.3 Å². The van der Waals surface area contributed by atoms with Crippen LogP contribution in [0.5, 0.6) is 0 Å². The van der Waals surface area contributed by atoms with Gasteiger partial charge in [-0.3, -0.25) is 14.4 Å². The van der Waals surface area contributed by atoms with E-state index < -0.39 is 10.0 Å². The van der Waals surface area contributed by atoms with E-state index in [4.69, 9.17) is 0 Å². The van der Waals surface area contributed by atoms with Crippen LogP contribution < -0.4 is 5.32 Å². The van der Waals surface area contributed by atoms with Crippen molar-refractivity contribution < 1.29 is 22.8 Å². The fourth-order valence-corrected chi connectivity index (χ4v) is 5.69. The third-order valence-electron chi connectivity index (χ3n) is 5.44. The number of rotatable bonds is 6. The van der Waals surface area contributed by atoms with Crippen LogP contribution in [0.3, 0.4) is 0 Å². The summed E-state index contributed by atoms with van der Waals surface area (Å²) in [6.07, 6.45) is 1.83. The molecule has 2 aromatic rings. The van der Waals surface area contributed by atoms with Gasteiger partial charge in [-0.1, -0.05) is 12.1 Å². The van der Waals surface area contributed by atoms with Crippen molar-refractivity contribution in [3.05, 3.63) is 46.8 Å². The van der Waals surface area contributed by atoms with Crippen molar-refractivity contribution in [3.63, 3.8) is 0 Å². The molecule has 2 aliphatic rings. The maximum absolute atomic E-state index is 12.9. The van der Waals surface area contributed by atoms with Crippen molar-refractivity contribution in [2.75, 3.05) is 31.5 Å². The van der Waals surface area contributed by atoms with Gasteiger partial charge in [-0.2, -0.15) is 4.31 Å². The summed E-state index contributed by atoms with van der Waals surface area (Å²) in [7, 11) is -3.69. The highest BCUT2D eigenvalue weighted by Crippen LogP contribution is 2.32. The number of nitrogens with one attached hydrogen (secondary N) is 1. The third-order valence-corrected chi connectivity index (χ3v) is 8.34. The zero-order valence-corrected chi connectivity index (χ0v) is 18.7. The average Bonchev–Trinajstić information content (AvgIpc) is 3.53. The van der Waals surface area contributed by atoms with Gasteiger partial charge in [0.2, 0.25) is 15.9 Å². The SMILES string of the molecule is CC(=O)c1ccc(S(=O)(=O)N2CCN(C(=O)c3ccc(NC(=O)C4CC4)s3)CC2)cc1. The van der Waals surface area contributed by atoms with Crippen LogP contribution in [0.2, 0.25) is 0 Å². The highest BCUT2D eigenvalue weighted by atomic mass is 32.2. The van der Waals surface area contributed by atoms with Crippen LogP contribution in [0, 0.1) is 5.92 Å². The topological polar surface area (TPSA) is 104 Å². The van der Waals surface area contributed by atoms with Gasteiger partial charge >= 0.3 is 0 Å². The van der Waals surface area contributed by atoms with Crippen LogP contribution in [0.4, 0.5) is 5.00 Å². The number of Topliss-reactive ketones (excluding diaryl/α,β-unsaturated/α-hetero) is 1. The summed E-state index contributed by atoms with van der Waals surface area (Å²) in [5.41, 5.74) is 0.456. The number of anilines is 1. The summed E-state index contributed by atoms with van der Waals surface area (Å²) >= 11 is 1.23. The molecule has 2 heterocycles. The Hall–Kier alpha value is -2.56. The van der Waals surface area contributed by atoms with E-state index in [0.717, 1.165) is 12.8 Å². The lowest BCUT2D eigenvalue weighted by atomic mass is 10.2. The summed E-state index contributed by atoms with van der Waals surface area (Å²) in [4.78, 5) is 38.3. The molecule has 1 aliphatic carbocycles. The van der Waals surface area contributed by atoms with Gasteiger partial charge in [0.1, 0.15) is 0 Å². The first-order valence-electron chi connectivity index (χ1n) is 10.1. The monoisotopic (exact) mass is 461 g/mol. The first-order chi connectivity index (χ1) is 14.8. The molecule has 0 bridgehead atoms. The van der Waals surface area contributed by atoms with Gasteiger partial charge in [-0.25, -0.2) is 8.42 Å². The summed E-state index contributed by atoms with van der Waals surface area (Å²) in [6.45, 7) is 2.38. The Kier molecular flexibility index (Phi) is 5.96. The number of piperazine rings is 1. The summed E-state index contributed by atoms with van der Waals surface area (Å²) < 4.78 is 27.1. The second-order valence-electron chi connectivity index (χ2n) is 7.70. The van der Waals surface area contributed by atoms with E-state index in [1.54, 1.807) is 17.0 Å². The van der Waals surface area contributed by atoms with Gasteiger partial charge in [0.25, 0.3) is 5.91 Å². The zero-order chi connectivity index (χ0) is 22.2. The van der Waals surface area contributed by atoms with E-state index >= 15 is 0 Å². The Bertz CT molecular complexity index is 1110. The standard InChI is InChI=1S/C21H23N3O5S2/c1-14(25)15-4-6-17(7-5-15)31(28,29)24-12-10-23(11-13-24)21(27)18-8-9-19(30-18)22-20(26)16-2-3-16/h4-9,16H,2-3,10-13H2,1H3,(H,22,26). The van der Waals surface area contributed by atoms with E-state index in [2.05, 4.69) is 5.32 Å². The van der Waals surface area contributed by atoms with Crippen molar-refractivity contribution in [1.82, 2.24) is 9.21 Å². The Balaban J connectivity index is 1.36. The molecule has 2 amide bonds. The highest BCUT2D eigenvalue weighted by Gasteiger charge is 2.32. The smallest absolute Gasteiger partial charge is 0.264 e. The number of thiophene rings is 1. The van der Waals surface area contributed by atoms with Gasteiger partial charge < -0.3 is 10.2 Å². The molecule has 1 aliphatic heterocycles. The number of hydrogen-bond acceptors (Lipinski definition) is 6. The van der Waals surface area contributed by atoms with Gasteiger partial charge in [0.05, 0.1) is 14.8 Å². The molecular formula is C21H23N3O5S2. The third kappa shape index (κ3) is 4.70. The van der Waals surface area contributed by atoms with Gasteiger partial charge in [-0.05, 0) is 44.0 Å². The highest BCUT2D eigenvalue weighted by molar-refractivity contribution is 7.89. The number of sulfonamides is 1. The zero-order valence-electron chi connectivity index (χ0n) is 17.0. The number of hydrogen-bond donors (Lipinski definition) is 1. The molecule has 164 valence electrons. The number of ketones is 1. The molecule has 0 unspecified atom stereocenters. The minimum atomic E-state index is -3.69. The molecule has 1 N–H and O–H groups in total. The van der Waals surface area contributed by atoms with Crippen molar-refractivity contribution in [2.24, 2.45) is 5.92 Å². The first kappa shape index (κ1) is 21.7. The number of amides is 2. The predicted octanol–water partition coefficient (Wildman–Crippen LogP) is 2.45. The lowest BCUT2D eigenvalue weighted by molar-refractivity contribution is -0.117. The van der Waals surface area contributed by atoms with Crippen molar-refractivity contribution in [1.29, 1.82) is 0 Å². The number of nitrogens with zero attached hydrogens (tertiary/aromatic N) is 2. The average molecular weight is 462 g/mol. The number of carbonyl (C=O) groups excluding carboxylic acids is 3. The van der Waals surface area contributed by atoms with Crippen LogP contribution in [0.15, 0.2) is 41.3 Å². The van der Waals surface area contributed by atoms with Gasteiger partial charge in [0.15, 0.2) is 5.78 Å². The maximum atomic E-state index is 12.9. The summed E-state index contributed by atoms with van der Waals surface area (Å²) in [6, 6.07) is 9.30. The number of benzene rings is 1. The molecule has 1 saturated heterocycles. The largest absolute Gasteiger partial charge is 0.335 e. The Morgan fingerprint density at radius 3 is 2.19 bits per heavy atom. The minimum absolute atomic E-state index is 0.00370. The molecule has 0 spiro atoms. The Labute approximate surface area is 184 Å². The molecule has 2 fully saturated rings. The molecule has 1 aromatic heterocycles. The lowest BCUT2D eigenvalue weighted by Crippen LogP contribution is -2.50. The van der Waals surface area contributed by atoms with E-state index in [-0.39, 0.29) is 54.6 Å². The molecule has 4 rings (SSSR count). The number of carbonyl (C=O) groups is 3. The maximum Gasteiger partial charge on any atom is 0.264 e. The molecule has 31 heavy (non-hydrogen) atoms. The molecule has 1 aromatic carbocycles. The van der Waals surface area contributed by atoms with Crippen LogP contribution >= 0.6 is 11.3 Å². The molecule has 1 saturated carbocycles. The second-order valence-corrected chi connectivity index (χ2v) is 10.7. The van der Waals surface area contributed by atoms with Crippen LogP contribution in [-0.2, 0) is 14.8 Å². The predicted molar refractivity (Wildman–Crippen MR) is 117 cm³/mol. The Morgan fingerprint density at radius 1 is 0.968 bits per heavy atom. The van der Waals surface area contributed by atoms with Crippen LogP contribution in [0.25, 0.3) is 0 Å². The van der Waals surface area contributed by atoms with E-state index in [1.807, 2.05) is 0 Å². The van der Waals surface area contributed by atoms with E-state index in [0.29, 0.717) is 15.4 Å².